The lowest BCUT2D eigenvalue weighted by Gasteiger charge is -2.26. The number of halogens is 1. The van der Waals surface area contributed by atoms with E-state index in [4.69, 9.17) is 4.74 Å². The third-order valence-corrected chi connectivity index (χ3v) is 5.76. The highest BCUT2D eigenvalue weighted by atomic mass is 32.2. The molecule has 0 spiro atoms. The summed E-state index contributed by atoms with van der Waals surface area (Å²) >= 11 is 0. The molecule has 2 N–H and O–H groups in total. The molecule has 0 unspecified atom stereocenters. The van der Waals surface area contributed by atoms with Crippen molar-refractivity contribution in [2.75, 3.05) is 26.8 Å². The first-order valence-electron chi connectivity index (χ1n) is 8.79. The van der Waals surface area contributed by atoms with Crippen molar-refractivity contribution in [2.45, 2.75) is 24.2 Å². The summed E-state index contributed by atoms with van der Waals surface area (Å²) in [5.41, 5.74) is 0.0692. The minimum atomic E-state index is -3.74. The van der Waals surface area contributed by atoms with Gasteiger partial charge in [0.2, 0.25) is 10.0 Å². The topological polar surface area (TPSA) is 84.5 Å². The number of ether oxygens (including phenoxy) is 1. The fourth-order valence-corrected chi connectivity index (χ4v) is 3.73. The highest BCUT2D eigenvalue weighted by Gasteiger charge is 2.25. The molecule has 1 amide bonds. The van der Waals surface area contributed by atoms with Gasteiger partial charge in [0.1, 0.15) is 5.82 Å². The van der Waals surface area contributed by atoms with E-state index in [0.717, 1.165) is 0 Å². The Morgan fingerprint density at radius 1 is 1.14 bits per heavy atom. The van der Waals surface area contributed by atoms with E-state index in [1.165, 1.54) is 37.4 Å². The SMILES string of the molecule is COCCNS(=O)(=O)c1cccc(C(=O)NCC(C)(C)c2ccccc2F)c1. The maximum absolute atomic E-state index is 14.0. The van der Waals surface area contributed by atoms with Gasteiger partial charge in [-0.05, 0) is 29.8 Å². The maximum Gasteiger partial charge on any atom is 0.251 e. The van der Waals surface area contributed by atoms with E-state index in [0.29, 0.717) is 5.56 Å². The molecule has 2 aromatic carbocycles. The quantitative estimate of drug-likeness (QED) is 0.625. The van der Waals surface area contributed by atoms with Crippen LogP contribution in [0.4, 0.5) is 4.39 Å². The molecular formula is C20H25FN2O4S. The summed E-state index contributed by atoms with van der Waals surface area (Å²) in [5.74, 6) is -0.768. The fourth-order valence-electron chi connectivity index (χ4n) is 2.67. The van der Waals surface area contributed by atoms with Gasteiger partial charge in [0.15, 0.2) is 0 Å². The first-order valence-corrected chi connectivity index (χ1v) is 10.3. The van der Waals surface area contributed by atoms with Gasteiger partial charge in [-0.15, -0.1) is 0 Å². The molecule has 2 rings (SSSR count). The lowest BCUT2D eigenvalue weighted by Crippen LogP contribution is -2.37. The lowest BCUT2D eigenvalue weighted by atomic mass is 9.84. The van der Waals surface area contributed by atoms with Crippen LogP contribution < -0.4 is 10.0 Å². The van der Waals surface area contributed by atoms with Gasteiger partial charge in [0.05, 0.1) is 11.5 Å². The van der Waals surface area contributed by atoms with Crippen LogP contribution in [0.25, 0.3) is 0 Å². The number of amides is 1. The Bertz CT molecular complexity index is 929. The van der Waals surface area contributed by atoms with Crippen LogP contribution >= 0.6 is 0 Å². The molecule has 0 aromatic heterocycles. The molecule has 0 saturated heterocycles. The highest BCUT2D eigenvalue weighted by Crippen LogP contribution is 2.25. The molecule has 0 aliphatic rings. The summed E-state index contributed by atoms with van der Waals surface area (Å²) in [6, 6.07) is 12.2. The Balaban J connectivity index is 2.10. The van der Waals surface area contributed by atoms with Gasteiger partial charge in [0.25, 0.3) is 5.91 Å². The summed E-state index contributed by atoms with van der Waals surface area (Å²) < 4.78 is 45.8. The number of hydrogen-bond donors (Lipinski definition) is 2. The molecule has 0 aliphatic carbocycles. The second-order valence-corrected chi connectivity index (χ2v) is 8.73. The molecule has 0 bridgehead atoms. The number of carbonyl (C=O) groups is 1. The molecule has 2 aromatic rings. The van der Waals surface area contributed by atoms with Crippen LogP contribution in [-0.4, -0.2) is 41.1 Å². The predicted molar refractivity (Wildman–Crippen MR) is 105 cm³/mol. The van der Waals surface area contributed by atoms with Gasteiger partial charge in [-0.3, -0.25) is 4.79 Å². The second kappa shape index (κ2) is 9.27. The van der Waals surface area contributed by atoms with Crippen LogP contribution in [0.5, 0.6) is 0 Å². The number of sulfonamides is 1. The van der Waals surface area contributed by atoms with Crippen molar-refractivity contribution in [3.05, 3.63) is 65.5 Å². The predicted octanol–water partition coefficient (Wildman–Crippen LogP) is 2.46. The van der Waals surface area contributed by atoms with Crippen LogP contribution in [-0.2, 0) is 20.2 Å². The normalized spacial score (nSPS) is 12.0. The number of hydrogen-bond acceptors (Lipinski definition) is 4. The van der Waals surface area contributed by atoms with Gasteiger partial charge < -0.3 is 10.1 Å². The van der Waals surface area contributed by atoms with Crippen LogP contribution in [0.3, 0.4) is 0 Å². The van der Waals surface area contributed by atoms with Crippen LogP contribution in [0.2, 0.25) is 0 Å². The third-order valence-electron chi connectivity index (χ3n) is 4.30. The molecule has 152 valence electrons. The standard InChI is InChI=1S/C20H25FN2O4S/c1-20(2,17-9-4-5-10-18(17)21)14-22-19(24)15-7-6-8-16(13-15)28(25,26)23-11-12-27-3/h4-10,13,23H,11-12,14H2,1-3H3,(H,22,24). The zero-order valence-corrected chi connectivity index (χ0v) is 17.0. The molecule has 0 radical (unpaired) electrons. The lowest BCUT2D eigenvalue weighted by molar-refractivity contribution is 0.0945. The maximum atomic E-state index is 14.0. The van der Waals surface area contributed by atoms with Gasteiger partial charge in [0, 0.05) is 31.2 Å². The first-order chi connectivity index (χ1) is 13.2. The molecule has 0 aliphatic heterocycles. The highest BCUT2D eigenvalue weighted by molar-refractivity contribution is 7.89. The summed E-state index contributed by atoms with van der Waals surface area (Å²) in [5, 5.41) is 2.76. The molecule has 0 fully saturated rings. The van der Waals surface area contributed by atoms with Crippen LogP contribution in [0.1, 0.15) is 29.8 Å². The van der Waals surface area contributed by atoms with Crippen molar-refractivity contribution in [3.63, 3.8) is 0 Å². The van der Waals surface area contributed by atoms with E-state index in [1.54, 1.807) is 18.2 Å². The zero-order chi connectivity index (χ0) is 20.8. The summed E-state index contributed by atoms with van der Waals surface area (Å²) in [6.07, 6.45) is 0. The van der Waals surface area contributed by atoms with E-state index >= 15 is 0 Å². The summed E-state index contributed by atoms with van der Waals surface area (Å²) in [6.45, 7) is 4.21. The molecule has 8 heteroatoms. The van der Waals surface area contributed by atoms with E-state index in [1.807, 2.05) is 13.8 Å². The van der Waals surface area contributed by atoms with E-state index < -0.39 is 21.3 Å². The Morgan fingerprint density at radius 3 is 2.54 bits per heavy atom. The first kappa shape index (κ1) is 22.0. The molecule has 6 nitrogen and oxygen atoms in total. The van der Waals surface area contributed by atoms with Crippen molar-refractivity contribution in [2.24, 2.45) is 0 Å². The number of benzene rings is 2. The van der Waals surface area contributed by atoms with Gasteiger partial charge in [-0.1, -0.05) is 38.1 Å². The van der Waals surface area contributed by atoms with E-state index in [9.17, 15) is 17.6 Å². The molecule has 0 saturated carbocycles. The Labute approximate surface area is 165 Å². The van der Waals surface area contributed by atoms with Gasteiger partial charge >= 0.3 is 0 Å². The second-order valence-electron chi connectivity index (χ2n) is 6.96. The largest absolute Gasteiger partial charge is 0.383 e. The minimum Gasteiger partial charge on any atom is -0.383 e. The number of methoxy groups -OCH3 is 1. The fraction of sp³-hybridized carbons (Fsp3) is 0.350. The Kier molecular flexibility index (Phi) is 7.29. The van der Waals surface area contributed by atoms with Crippen molar-refractivity contribution in [3.8, 4) is 0 Å². The summed E-state index contributed by atoms with van der Waals surface area (Å²) in [7, 11) is -2.27. The smallest absolute Gasteiger partial charge is 0.251 e. The average Bonchev–Trinajstić information content (AvgIpc) is 2.66. The van der Waals surface area contributed by atoms with Crippen molar-refractivity contribution >= 4 is 15.9 Å². The van der Waals surface area contributed by atoms with Crippen molar-refractivity contribution in [1.82, 2.24) is 10.0 Å². The molecule has 28 heavy (non-hydrogen) atoms. The monoisotopic (exact) mass is 408 g/mol. The molecule has 0 heterocycles. The van der Waals surface area contributed by atoms with E-state index in [2.05, 4.69) is 10.0 Å². The molecular weight excluding hydrogens is 383 g/mol. The van der Waals surface area contributed by atoms with Crippen LogP contribution in [0.15, 0.2) is 53.4 Å². The average molecular weight is 408 g/mol. The van der Waals surface area contributed by atoms with Gasteiger partial charge in [-0.25, -0.2) is 17.5 Å². The van der Waals surface area contributed by atoms with Crippen molar-refractivity contribution < 1.29 is 22.3 Å². The van der Waals surface area contributed by atoms with E-state index in [-0.39, 0.29) is 36.0 Å². The third kappa shape index (κ3) is 5.60. The summed E-state index contributed by atoms with van der Waals surface area (Å²) in [4.78, 5) is 12.5. The van der Waals surface area contributed by atoms with Gasteiger partial charge in [-0.2, -0.15) is 0 Å². The number of nitrogens with one attached hydrogen (secondary N) is 2. The zero-order valence-electron chi connectivity index (χ0n) is 16.2. The van der Waals surface area contributed by atoms with Crippen molar-refractivity contribution in [1.29, 1.82) is 0 Å². The Hall–Kier alpha value is -2.29. The minimum absolute atomic E-state index is 0.00961. The Morgan fingerprint density at radius 2 is 1.86 bits per heavy atom. The molecule has 0 atom stereocenters. The number of carbonyl (C=O) groups excluding carboxylic acids is 1. The number of rotatable bonds is 9. The van der Waals surface area contributed by atoms with Crippen LogP contribution in [0, 0.1) is 5.82 Å².